The predicted molar refractivity (Wildman–Crippen MR) is 62.2 cm³/mol. The van der Waals surface area contributed by atoms with Crippen LogP contribution in [0.25, 0.3) is 10.1 Å². The molecule has 0 radical (unpaired) electrons. The van der Waals surface area contributed by atoms with Gasteiger partial charge < -0.3 is 0 Å². The molecule has 0 aliphatic rings. The predicted octanol–water partition coefficient (Wildman–Crippen LogP) is 4.41. The Labute approximate surface area is 95.0 Å². The molecule has 0 atom stereocenters. The monoisotopic (exact) mass is 356 g/mol. The summed E-state index contributed by atoms with van der Waals surface area (Å²) in [6.45, 7) is 0. The second kappa shape index (κ2) is 3.23. The number of fused-ring (bicyclic) bond motifs is 1. The van der Waals surface area contributed by atoms with Crippen molar-refractivity contribution in [2.75, 3.05) is 0 Å². The van der Waals surface area contributed by atoms with Gasteiger partial charge >= 0.3 is 0 Å². The van der Waals surface area contributed by atoms with E-state index in [1.54, 1.807) is 11.3 Å². The Morgan fingerprint density at radius 2 is 2.08 bits per heavy atom. The largest absolute Gasteiger partial charge is 0.206 e. The maximum absolute atomic E-state index is 13.2. The molecule has 0 nitrogen and oxygen atoms in total. The average molecular weight is 357 g/mol. The Balaban J connectivity index is 2.88. The van der Waals surface area contributed by atoms with Gasteiger partial charge in [0.1, 0.15) is 5.82 Å². The third-order valence-electron chi connectivity index (χ3n) is 1.52. The van der Waals surface area contributed by atoms with Crippen LogP contribution in [-0.2, 0) is 0 Å². The summed E-state index contributed by atoms with van der Waals surface area (Å²) in [5.41, 5.74) is 0. The number of benzene rings is 1. The number of rotatable bonds is 0. The highest BCUT2D eigenvalue weighted by atomic mass is 127. The van der Waals surface area contributed by atoms with Gasteiger partial charge in [0.2, 0.25) is 0 Å². The van der Waals surface area contributed by atoms with Gasteiger partial charge in [-0.2, -0.15) is 0 Å². The van der Waals surface area contributed by atoms with Crippen molar-refractivity contribution in [2.45, 2.75) is 0 Å². The molecule has 12 heavy (non-hydrogen) atoms. The van der Waals surface area contributed by atoms with Gasteiger partial charge in [-0.15, -0.1) is 11.3 Å². The molecule has 0 aliphatic heterocycles. The molecule has 0 fully saturated rings. The Kier molecular flexibility index (Phi) is 2.39. The van der Waals surface area contributed by atoms with E-state index in [4.69, 9.17) is 0 Å². The van der Waals surface area contributed by atoms with Crippen LogP contribution in [0.5, 0.6) is 0 Å². The van der Waals surface area contributed by atoms with Gasteiger partial charge in [-0.05, 0) is 40.8 Å². The lowest BCUT2D eigenvalue weighted by Gasteiger charge is -1.92. The minimum Gasteiger partial charge on any atom is -0.206 e. The first-order valence-electron chi connectivity index (χ1n) is 3.21. The summed E-state index contributed by atoms with van der Waals surface area (Å²) >= 11 is 7.05. The topological polar surface area (TPSA) is 0 Å². The molecule has 0 spiro atoms. The summed E-state index contributed by atoms with van der Waals surface area (Å²) in [5.74, 6) is -0.154. The summed E-state index contributed by atoms with van der Waals surface area (Å²) in [7, 11) is 0. The van der Waals surface area contributed by atoms with Gasteiger partial charge in [-0.1, -0.05) is 15.9 Å². The second-order valence-corrected chi connectivity index (χ2v) is 6.24. The first-order valence-corrected chi connectivity index (χ1v) is 5.90. The van der Waals surface area contributed by atoms with Crippen LogP contribution < -0.4 is 0 Å². The number of halogens is 3. The summed E-state index contributed by atoms with van der Waals surface area (Å²) in [6, 6.07) is 5.29. The van der Waals surface area contributed by atoms with E-state index in [0.29, 0.717) is 5.39 Å². The van der Waals surface area contributed by atoms with E-state index < -0.39 is 0 Å². The summed E-state index contributed by atoms with van der Waals surface area (Å²) in [6.07, 6.45) is 0. The molecule has 1 aromatic carbocycles. The average Bonchev–Trinajstić information content (AvgIpc) is 2.29. The first kappa shape index (κ1) is 8.90. The molecule has 1 heterocycles. The molecular formula is C8H3BrFIS. The van der Waals surface area contributed by atoms with Crippen molar-refractivity contribution in [2.24, 2.45) is 0 Å². The van der Waals surface area contributed by atoms with E-state index in [2.05, 4.69) is 38.5 Å². The second-order valence-electron chi connectivity index (χ2n) is 2.35. The summed E-state index contributed by atoms with van der Waals surface area (Å²) in [4.78, 5) is 0. The normalized spacial score (nSPS) is 10.9. The zero-order chi connectivity index (χ0) is 8.72. The standard InChI is InChI=1S/C8H3BrFIS/c9-4-1-6(10)5-3-8(11)12-7(5)2-4/h1-3H. The molecule has 0 amide bonds. The van der Waals surface area contributed by atoms with E-state index >= 15 is 0 Å². The van der Waals surface area contributed by atoms with Gasteiger partial charge in [-0.3, -0.25) is 0 Å². The molecule has 2 rings (SSSR count). The molecule has 0 N–H and O–H groups in total. The fourth-order valence-corrected chi connectivity index (χ4v) is 3.48. The van der Waals surface area contributed by atoms with Crippen molar-refractivity contribution < 1.29 is 4.39 Å². The van der Waals surface area contributed by atoms with Crippen LogP contribution in [-0.4, -0.2) is 0 Å². The van der Waals surface area contributed by atoms with Gasteiger partial charge in [0.05, 0.1) is 2.88 Å². The zero-order valence-electron chi connectivity index (χ0n) is 5.77. The maximum Gasteiger partial charge on any atom is 0.133 e. The van der Waals surface area contributed by atoms with Gasteiger partial charge in [-0.25, -0.2) is 4.39 Å². The van der Waals surface area contributed by atoms with Crippen molar-refractivity contribution in [1.29, 1.82) is 0 Å². The molecule has 4 heteroatoms. The van der Waals surface area contributed by atoms with E-state index in [1.807, 2.05) is 12.1 Å². The molecule has 0 aliphatic carbocycles. The van der Waals surface area contributed by atoms with Crippen LogP contribution in [0.4, 0.5) is 4.39 Å². The molecule has 0 bridgehead atoms. The van der Waals surface area contributed by atoms with E-state index in [1.165, 1.54) is 6.07 Å². The molecule has 62 valence electrons. The molecule has 1 aromatic heterocycles. The van der Waals surface area contributed by atoms with Crippen LogP contribution >= 0.6 is 49.9 Å². The fraction of sp³-hybridized carbons (Fsp3) is 0. The van der Waals surface area contributed by atoms with Crippen LogP contribution in [0.2, 0.25) is 0 Å². The molecule has 2 aromatic rings. The van der Waals surface area contributed by atoms with Crippen LogP contribution in [0, 0.1) is 8.70 Å². The highest BCUT2D eigenvalue weighted by Gasteiger charge is 2.05. The Morgan fingerprint density at radius 1 is 1.33 bits per heavy atom. The van der Waals surface area contributed by atoms with Crippen molar-refractivity contribution in [3.8, 4) is 0 Å². The maximum atomic E-state index is 13.2. The lowest BCUT2D eigenvalue weighted by molar-refractivity contribution is 0.639. The van der Waals surface area contributed by atoms with Gasteiger partial charge in [0.25, 0.3) is 0 Å². The first-order chi connectivity index (χ1) is 5.66. The lowest BCUT2D eigenvalue weighted by atomic mass is 10.2. The Hall–Kier alpha value is 0.320. The third kappa shape index (κ3) is 1.52. The van der Waals surface area contributed by atoms with E-state index in [-0.39, 0.29) is 5.82 Å². The molecule has 0 saturated heterocycles. The zero-order valence-corrected chi connectivity index (χ0v) is 10.3. The Bertz CT molecular complexity index is 438. The number of hydrogen-bond acceptors (Lipinski definition) is 1. The Morgan fingerprint density at radius 3 is 2.83 bits per heavy atom. The van der Waals surface area contributed by atoms with Crippen molar-refractivity contribution in [1.82, 2.24) is 0 Å². The van der Waals surface area contributed by atoms with Crippen molar-refractivity contribution in [3.63, 3.8) is 0 Å². The van der Waals surface area contributed by atoms with Crippen molar-refractivity contribution in [3.05, 3.63) is 31.4 Å². The minimum absolute atomic E-state index is 0.154. The minimum atomic E-state index is -0.154. The van der Waals surface area contributed by atoms with Crippen molar-refractivity contribution >= 4 is 59.9 Å². The van der Waals surface area contributed by atoms with E-state index in [9.17, 15) is 4.39 Å². The quantitative estimate of drug-likeness (QED) is 0.613. The highest BCUT2D eigenvalue weighted by Crippen LogP contribution is 2.31. The summed E-state index contributed by atoms with van der Waals surface area (Å²) < 4.78 is 16.1. The lowest BCUT2D eigenvalue weighted by Crippen LogP contribution is -1.73. The van der Waals surface area contributed by atoms with Gasteiger partial charge in [0, 0.05) is 14.6 Å². The third-order valence-corrected chi connectivity index (χ3v) is 3.82. The summed E-state index contributed by atoms with van der Waals surface area (Å²) in [5, 5.41) is 0.715. The molecular weight excluding hydrogens is 354 g/mol. The number of thiophene rings is 1. The van der Waals surface area contributed by atoms with Crippen LogP contribution in [0.15, 0.2) is 22.7 Å². The molecule has 0 unspecified atom stereocenters. The van der Waals surface area contributed by atoms with E-state index in [0.717, 1.165) is 12.1 Å². The van der Waals surface area contributed by atoms with Gasteiger partial charge in [0.15, 0.2) is 0 Å². The number of hydrogen-bond donors (Lipinski definition) is 0. The van der Waals surface area contributed by atoms with Crippen LogP contribution in [0.3, 0.4) is 0 Å². The fourth-order valence-electron chi connectivity index (χ4n) is 1.03. The highest BCUT2D eigenvalue weighted by molar-refractivity contribution is 14.1. The van der Waals surface area contributed by atoms with Crippen LogP contribution in [0.1, 0.15) is 0 Å². The SMILES string of the molecule is Fc1cc(Br)cc2sc(I)cc12. The molecule has 0 saturated carbocycles. The smallest absolute Gasteiger partial charge is 0.133 e.